The van der Waals surface area contributed by atoms with Crippen LogP contribution >= 0.6 is 0 Å². The van der Waals surface area contributed by atoms with Crippen molar-refractivity contribution in [2.45, 2.75) is 19.6 Å². The standard InChI is InChI=1S/C5H5.C3H9Si.2CO.Fe/c1-2-4-5-3-1;1-4(2)3;2*1-2;/h1-5H;1-3H3;;;/q-1;;;;. The van der Waals surface area contributed by atoms with Gasteiger partial charge in [-0.15, -0.1) is 0 Å². The van der Waals surface area contributed by atoms with Gasteiger partial charge in [0.15, 0.2) is 0 Å². The van der Waals surface area contributed by atoms with Gasteiger partial charge < -0.3 is 0 Å². The monoisotopic (exact) mass is 250 g/mol. The van der Waals surface area contributed by atoms with E-state index in [1.807, 2.05) is 30.3 Å². The smallest absolute Gasteiger partial charge is 0.172 e. The van der Waals surface area contributed by atoms with Crippen LogP contribution in [0.5, 0.6) is 0 Å². The van der Waals surface area contributed by atoms with Crippen molar-refractivity contribution in [2.24, 2.45) is 0 Å². The summed E-state index contributed by atoms with van der Waals surface area (Å²) in [4.78, 5) is 20.7. The number of rotatable bonds is 0. The molecule has 0 bridgehead atoms. The van der Waals surface area contributed by atoms with Gasteiger partial charge in [0.1, 0.15) is 0 Å². The number of hydrogen-bond acceptors (Lipinski definition) is 2. The van der Waals surface area contributed by atoms with E-state index in [0.29, 0.717) is 0 Å². The first-order valence-corrected chi connectivity index (χ1v) is 8.03. The van der Waals surface area contributed by atoms with Gasteiger partial charge in [0.25, 0.3) is 0 Å². The molecule has 0 atom stereocenters. The zero-order chi connectivity index (χ0) is 11.2. The largest absolute Gasteiger partial charge is 0.214 e. The third-order valence-electron chi connectivity index (χ3n) is 0.628. The van der Waals surface area contributed by atoms with E-state index in [1.165, 1.54) is 9.57 Å². The minimum atomic E-state index is -0.222. The number of hydrogen-bond donors (Lipinski definition) is 0. The zero-order valence-corrected chi connectivity index (χ0v) is 10.7. The average molecular weight is 250 g/mol. The molecule has 0 fully saturated rings. The molecule has 1 rings (SSSR count). The summed E-state index contributed by atoms with van der Waals surface area (Å²) in [5.41, 5.74) is 0. The molecule has 1 aromatic carbocycles. The fraction of sp³-hybridized carbons (Fsp3) is 0.300. The van der Waals surface area contributed by atoms with Crippen LogP contribution in [-0.2, 0) is 23.7 Å². The quantitative estimate of drug-likeness (QED) is 0.521. The molecule has 0 N–H and O–H groups in total. The summed E-state index contributed by atoms with van der Waals surface area (Å²) >= 11 is -0.222. The zero-order valence-electron chi connectivity index (χ0n) is 8.56. The van der Waals surface area contributed by atoms with E-state index in [1.54, 1.807) is 0 Å². The van der Waals surface area contributed by atoms with Gasteiger partial charge in [-0.1, -0.05) is 19.6 Å². The molecule has 0 saturated carbocycles. The summed E-state index contributed by atoms with van der Waals surface area (Å²) in [6, 6.07) is 10.0. The first-order chi connectivity index (χ1) is 6.65. The van der Waals surface area contributed by atoms with Gasteiger partial charge in [-0.25, -0.2) is 12.1 Å². The molecule has 2 nitrogen and oxygen atoms in total. The summed E-state index contributed by atoms with van der Waals surface area (Å²) in [5.74, 6) is 0. The Kier molecular flexibility index (Phi) is 16.6. The normalized spacial score (nSPS) is 7.14. The van der Waals surface area contributed by atoms with E-state index in [-0.39, 0.29) is 22.9 Å². The fourth-order valence-corrected chi connectivity index (χ4v) is 0.381. The third kappa shape index (κ3) is 30.3. The Hall–Kier alpha value is -0.754. The van der Waals surface area contributed by atoms with Crippen LogP contribution in [0, 0.1) is 0 Å². The van der Waals surface area contributed by atoms with Gasteiger partial charge in [-0.05, 0) is 0 Å². The fourth-order valence-electron chi connectivity index (χ4n) is 0.335. The van der Waals surface area contributed by atoms with Gasteiger partial charge in [0, 0.05) is 8.80 Å². The average Bonchev–Trinajstić information content (AvgIpc) is 2.61. The van der Waals surface area contributed by atoms with Crippen LogP contribution < -0.4 is 0 Å². The van der Waals surface area contributed by atoms with Crippen molar-refractivity contribution < 1.29 is 23.7 Å². The van der Waals surface area contributed by atoms with Crippen LogP contribution in [0.25, 0.3) is 0 Å². The van der Waals surface area contributed by atoms with E-state index in [0.717, 1.165) is 0 Å². The summed E-state index contributed by atoms with van der Waals surface area (Å²) in [6.07, 6.45) is 0. The molecule has 1 aromatic rings. The SMILES string of the molecule is C[Si](C)C.O=[C]=[Fe]=[C]=O.c1cc[cH-]c1. The maximum Gasteiger partial charge on any atom is -0.172 e. The van der Waals surface area contributed by atoms with Crippen molar-refractivity contribution in [1.29, 1.82) is 0 Å². The molecule has 0 unspecified atom stereocenters. The molecule has 0 saturated heterocycles. The van der Waals surface area contributed by atoms with Crippen molar-refractivity contribution in [2.75, 3.05) is 0 Å². The summed E-state index contributed by atoms with van der Waals surface area (Å²) in [7, 11) is 0.120. The Morgan fingerprint density at radius 3 is 1.50 bits per heavy atom. The van der Waals surface area contributed by atoms with E-state index in [2.05, 4.69) is 19.6 Å². The second kappa shape index (κ2) is 14.8. The Bertz CT molecular complexity index is 258. The maximum atomic E-state index is 9.02. The van der Waals surface area contributed by atoms with Crippen molar-refractivity contribution >= 4 is 18.4 Å². The molecule has 0 aliphatic rings. The topological polar surface area (TPSA) is 34.1 Å². The third-order valence-corrected chi connectivity index (χ3v) is 0.853. The molecule has 4 heteroatoms. The Morgan fingerprint density at radius 2 is 1.43 bits per heavy atom. The first-order valence-electron chi connectivity index (χ1n) is 3.93. The van der Waals surface area contributed by atoms with E-state index < -0.39 is 0 Å². The van der Waals surface area contributed by atoms with Gasteiger partial charge in [-0.3, -0.25) is 0 Å². The molecule has 0 spiro atoms. The van der Waals surface area contributed by atoms with E-state index in [4.69, 9.17) is 9.59 Å². The molecule has 79 valence electrons. The minimum absolute atomic E-state index is 0.120. The molecule has 1 radical (unpaired) electrons. The predicted molar refractivity (Wildman–Crippen MR) is 56.8 cm³/mol. The molecule has 0 aliphatic carbocycles. The summed E-state index contributed by atoms with van der Waals surface area (Å²) in [6.45, 7) is 6.81. The van der Waals surface area contributed by atoms with Crippen molar-refractivity contribution in [1.82, 2.24) is 0 Å². The second-order valence-electron chi connectivity index (χ2n) is 2.69. The van der Waals surface area contributed by atoms with Gasteiger partial charge in [-0.2, -0.15) is 18.2 Å². The predicted octanol–water partition coefficient (Wildman–Crippen LogP) is 1.98. The van der Waals surface area contributed by atoms with Gasteiger partial charge >= 0.3 is 33.2 Å². The van der Waals surface area contributed by atoms with Crippen molar-refractivity contribution in [3.63, 3.8) is 0 Å². The molecule has 0 aromatic heterocycles. The van der Waals surface area contributed by atoms with Crippen LogP contribution in [-0.4, -0.2) is 18.4 Å². The van der Waals surface area contributed by atoms with Gasteiger partial charge in [0.05, 0.1) is 0 Å². The van der Waals surface area contributed by atoms with Crippen LogP contribution in [0.1, 0.15) is 0 Å². The second-order valence-corrected chi connectivity index (χ2v) is 6.42. The van der Waals surface area contributed by atoms with Crippen LogP contribution in [0.4, 0.5) is 0 Å². The Balaban J connectivity index is 0. The molecule has 14 heavy (non-hydrogen) atoms. The van der Waals surface area contributed by atoms with E-state index in [9.17, 15) is 0 Å². The van der Waals surface area contributed by atoms with Crippen LogP contribution in [0.15, 0.2) is 30.3 Å². The molecule has 0 aliphatic heterocycles. The molecular weight excluding hydrogens is 236 g/mol. The maximum absolute atomic E-state index is 9.02. The summed E-state index contributed by atoms with van der Waals surface area (Å²) in [5, 5.41) is 0. The first kappa shape index (κ1) is 15.7. The van der Waals surface area contributed by atoms with Gasteiger partial charge in [0.2, 0.25) is 0 Å². The Morgan fingerprint density at radius 1 is 1.07 bits per heavy atom. The van der Waals surface area contributed by atoms with Crippen molar-refractivity contribution in [3.8, 4) is 0 Å². The van der Waals surface area contributed by atoms with Crippen molar-refractivity contribution in [3.05, 3.63) is 30.3 Å². The number of carbonyl (C=O) groups excluding carboxylic acids is 2. The molecule has 0 heterocycles. The van der Waals surface area contributed by atoms with Crippen LogP contribution in [0.3, 0.4) is 0 Å². The Labute approximate surface area is 92.2 Å². The molecular formula is C10H14FeO2Si-. The van der Waals surface area contributed by atoms with Crippen LogP contribution in [0.2, 0.25) is 19.6 Å². The molecule has 0 amide bonds. The summed E-state index contributed by atoms with van der Waals surface area (Å²) < 4.78 is 0. The minimum Gasteiger partial charge on any atom is -0.214 e. The van der Waals surface area contributed by atoms with E-state index >= 15 is 0 Å².